The largest absolute Gasteiger partial charge is 0.350 e. The monoisotopic (exact) mass is 183 g/mol. The predicted molar refractivity (Wildman–Crippen MR) is 52.3 cm³/mol. The van der Waals surface area contributed by atoms with E-state index in [2.05, 4.69) is 24.4 Å². The number of rotatable bonds is 3. The number of amides is 2. The fourth-order valence-electron chi connectivity index (χ4n) is 1.57. The van der Waals surface area contributed by atoms with Crippen LogP contribution in [0.2, 0.25) is 0 Å². The Bertz CT molecular complexity index is 245. The van der Waals surface area contributed by atoms with E-state index in [1.165, 1.54) is 0 Å². The van der Waals surface area contributed by atoms with E-state index in [4.69, 9.17) is 5.73 Å². The summed E-state index contributed by atoms with van der Waals surface area (Å²) in [7, 11) is 0. The molecule has 3 N–H and O–H groups in total. The number of carbonyl (C=O) groups excluding carboxylic acids is 1. The minimum Gasteiger partial charge on any atom is -0.350 e. The normalized spacial score (nSPS) is 25.5. The van der Waals surface area contributed by atoms with Gasteiger partial charge in [0, 0.05) is 11.6 Å². The average molecular weight is 183 g/mol. The van der Waals surface area contributed by atoms with Crippen molar-refractivity contribution in [2.45, 2.75) is 33.6 Å². The minimum absolute atomic E-state index is 0.355. The van der Waals surface area contributed by atoms with Gasteiger partial charge in [0.1, 0.15) is 0 Å². The topological polar surface area (TPSA) is 67.5 Å². The lowest BCUT2D eigenvalue weighted by atomic mass is 10.1. The van der Waals surface area contributed by atoms with Crippen LogP contribution >= 0.6 is 0 Å². The van der Waals surface area contributed by atoms with Crippen LogP contribution in [0.1, 0.15) is 33.6 Å². The van der Waals surface area contributed by atoms with Crippen molar-refractivity contribution in [1.29, 1.82) is 0 Å². The van der Waals surface area contributed by atoms with Crippen LogP contribution in [-0.2, 0) is 0 Å². The van der Waals surface area contributed by atoms with E-state index in [-0.39, 0.29) is 0 Å². The molecule has 1 unspecified atom stereocenters. The van der Waals surface area contributed by atoms with Gasteiger partial charge in [0.05, 0.1) is 0 Å². The maximum absolute atomic E-state index is 10.4. The number of hydrogen-bond acceptors (Lipinski definition) is 2. The lowest BCUT2D eigenvalue weighted by Crippen LogP contribution is -2.26. The van der Waals surface area contributed by atoms with E-state index < -0.39 is 6.03 Å². The third-order valence-electron chi connectivity index (χ3n) is 2.59. The van der Waals surface area contributed by atoms with Gasteiger partial charge in [-0.1, -0.05) is 20.8 Å². The van der Waals surface area contributed by atoms with Crippen molar-refractivity contribution in [2.24, 2.45) is 22.2 Å². The Morgan fingerprint density at radius 3 is 2.54 bits per heavy atom. The summed E-state index contributed by atoms with van der Waals surface area (Å²) >= 11 is 0. The number of hydrogen-bond donors (Lipinski definition) is 2. The number of urea groups is 1. The Labute approximate surface area is 78.6 Å². The molecule has 2 amide bonds. The molecule has 0 heterocycles. The summed E-state index contributed by atoms with van der Waals surface area (Å²) in [5, 5.41) is 3.99. The number of nitrogens with one attached hydrogen (secondary N) is 1. The van der Waals surface area contributed by atoms with Crippen LogP contribution in [0.3, 0.4) is 0 Å². The van der Waals surface area contributed by atoms with E-state index >= 15 is 0 Å². The molecule has 0 bridgehead atoms. The molecule has 4 heteroatoms. The van der Waals surface area contributed by atoms with Crippen LogP contribution in [-0.4, -0.2) is 11.7 Å². The predicted octanol–water partition coefficient (Wildman–Crippen LogP) is 1.47. The van der Waals surface area contributed by atoms with E-state index in [0.29, 0.717) is 11.3 Å². The summed E-state index contributed by atoms with van der Waals surface area (Å²) in [5.41, 5.74) is 8.61. The van der Waals surface area contributed by atoms with Gasteiger partial charge in [0.25, 0.3) is 0 Å². The van der Waals surface area contributed by atoms with Crippen molar-refractivity contribution in [3.05, 3.63) is 0 Å². The number of hydrazone groups is 1. The molecule has 1 aliphatic rings. The first-order chi connectivity index (χ1) is 5.97. The molecule has 74 valence electrons. The fraction of sp³-hybridized carbons (Fsp3) is 0.778. The summed E-state index contributed by atoms with van der Waals surface area (Å²) < 4.78 is 0. The Balaban J connectivity index is 2.54. The van der Waals surface area contributed by atoms with E-state index in [1.54, 1.807) is 0 Å². The van der Waals surface area contributed by atoms with Crippen molar-refractivity contribution < 1.29 is 4.79 Å². The van der Waals surface area contributed by atoms with E-state index in [9.17, 15) is 4.79 Å². The van der Waals surface area contributed by atoms with Crippen LogP contribution in [0.25, 0.3) is 0 Å². The summed E-state index contributed by atoms with van der Waals surface area (Å²) in [4.78, 5) is 10.4. The van der Waals surface area contributed by atoms with E-state index in [1.807, 2.05) is 6.92 Å². The molecule has 1 fully saturated rings. The van der Waals surface area contributed by atoms with Crippen LogP contribution in [0.5, 0.6) is 0 Å². The molecule has 1 atom stereocenters. The smallest absolute Gasteiger partial charge is 0.332 e. The van der Waals surface area contributed by atoms with Gasteiger partial charge in [-0.15, -0.1) is 0 Å². The van der Waals surface area contributed by atoms with Crippen LogP contribution < -0.4 is 11.2 Å². The van der Waals surface area contributed by atoms with Crippen molar-refractivity contribution in [3.63, 3.8) is 0 Å². The highest BCUT2D eigenvalue weighted by atomic mass is 16.2. The SMILES string of the molecule is CC/C(=N\NC(N)=O)C1CC1(C)C. The molecule has 0 spiro atoms. The Hall–Kier alpha value is -1.06. The third-order valence-corrected chi connectivity index (χ3v) is 2.59. The zero-order chi connectivity index (χ0) is 10.1. The van der Waals surface area contributed by atoms with Crippen LogP contribution in [0.4, 0.5) is 4.79 Å². The Kier molecular flexibility index (Phi) is 2.59. The summed E-state index contributed by atoms with van der Waals surface area (Å²) in [6.07, 6.45) is 2.02. The second-order valence-electron chi connectivity index (χ2n) is 4.18. The van der Waals surface area contributed by atoms with Crippen LogP contribution in [0, 0.1) is 11.3 Å². The Morgan fingerprint density at radius 2 is 2.23 bits per heavy atom. The van der Waals surface area contributed by atoms with Crippen LogP contribution in [0.15, 0.2) is 5.10 Å². The molecular weight excluding hydrogens is 166 g/mol. The number of nitrogens with two attached hydrogens (primary N) is 1. The Morgan fingerprint density at radius 1 is 1.69 bits per heavy atom. The molecule has 0 aromatic heterocycles. The molecule has 0 saturated heterocycles. The van der Waals surface area contributed by atoms with E-state index in [0.717, 1.165) is 18.6 Å². The summed E-state index contributed by atoms with van der Waals surface area (Å²) in [6, 6.07) is -0.593. The molecule has 0 radical (unpaired) electrons. The van der Waals surface area contributed by atoms with Gasteiger partial charge in [-0.2, -0.15) is 5.10 Å². The fourth-order valence-corrected chi connectivity index (χ4v) is 1.57. The maximum Gasteiger partial charge on any atom is 0.332 e. The second-order valence-corrected chi connectivity index (χ2v) is 4.18. The molecule has 1 aliphatic carbocycles. The molecule has 0 aromatic rings. The number of primary amides is 1. The van der Waals surface area contributed by atoms with Gasteiger partial charge < -0.3 is 5.73 Å². The summed E-state index contributed by atoms with van der Waals surface area (Å²) in [5.74, 6) is 0.518. The van der Waals surface area contributed by atoms with Crippen molar-refractivity contribution in [2.75, 3.05) is 0 Å². The standard InChI is InChI=1S/C9H17N3O/c1-4-7(11-12-8(10)13)6-5-9(6,2)3/h6H,4-5H2,1-3H3,(H3,10,12,13)/b11-7+. The van der Waals surface area contributed by atoms with Crippen molar-refractivity contribution in [3.8, 4) is 0 Å². The maximum atomic E-state index is 10.4. The molecular formula is C9H17N3O. The molecule has 1 saturated carbocycles. The molecule has 0 aliphatic heterocycles. The van der Waals surface area contributed by atoms with Gasteiger partial charge in [0.15, 0.2) is 0 Å². The highest BCUT2D eigenvalue weighted by Gasteiger charge is 2.48. The van der Waals surface area contributed by atoms with Crippen molar-refractivity contribution in [1.82, 2.24) is 5.43 Å². The lowest BCUT2D eigenvalue weighted by Gasteiger charge is -2.05. The number of carbonyl (C=O) groups is 1. The van der Waals surface area contributed by atoms with Gasteiger partial charge in [-0.25, -0.2) is 10.2 Å². The van der Waals surface area contributed by atoms with Gasteiger partial charge >= 0.3 is 6.03 Å². The lowest BCUT2D eigenvalue weighted by molar-refractivity contribution is 0.249. The van der Waals surface area contributed by atoms with Gasteiger partial charge in [-0.05, 0) is 18.3 Å². The first kappa shape index (κ1) is 10.0. The van der Waals surface area contributed by atoms with Gasteiger partial charge in [0.2, 0.25) is 0 Å². The zero-order valence-corrected chi connectivity index (χ0v) is 8.42. The molecule has 4 nitrogen and oxygen atoms in total. The quantitative estimate of drug-likeness (QED) is 0.505. The molecule has 0 aromatic carbocycles. The van der Waals surface area contributed by atoms with Gasteiger partial charge in [-0.3, -0.25) is 0 Å². The van der Waals surface area contributed by atoms with Crippen molar-refractivity contribution >= 4 is 11.7 Å². The third kappa shape index (κ3) is 2.44. The average Bonchev–Trinajstić information content (AvgIpc) is 2.61. The first-order valence-corrected chi connectivity index (χ1v) is 4.59. The number of nitrogens with zero attached hydrogens (tertiary/aromatic N) is 1. The highest BCUT2D eigenvalue weighted by molar-refractivity contribution is 5.90. The summed E-state index contributed by atoms with van der Waals surface area (Å²) in [6.45, 7) is 6.44. The molecule has 13 heavy (non-hydrogen) atoms. The molecule has 1 rings (SSSR count). The first-order valence-electron chi connectivity index (χ1n) is 4.59. The second kappa shape index (κ2) is 3.36. The minimum atomic E-state index is -0.593. The highest BCUT2D eigenvalue weighted by Crippen LogP contribution is 2.52. The zero-order valence-electron chi connectivity index (χ0n) is 8.42.